The zero-order valence-corrected chi connectivity index (χ0v) is 11.5. The summed E-state index contributed by atoms with van der Waals surface area (Å²) in [5.74, 6) is 0.798. The van der Waals surface area contributed by atoms with E-state index >= 15 is 0 Å². The Morgan fingerprint density at radius 2 is 2.21 bits per heavy atom. The van der Waals surface area contributed by atoms with Crippen LogP contribution in [0, 0.1) is 5.92 Å². The second kappa shape index (κ2) is 6.55. The van der Waals surface area contributed by atoms with Crippen molar-refractivity contribution in [3.05, 3.63) is 34.2 Å². The molecule has 19 heavy (non-hydrogen) atoms. The topological polar surface area (TPSA) is 53.2 Å². The van der Waals surface area contributed by atoms with Gasteiger partial charge in [0, 0.05) is 25.4 Å². The number of aromatic nitrogens is 1. The molecule has 4 heteroatoms. The monoisotopic (exact) mass is 262 g/mol. The molecule has 4 nitrogen and oxygen atoms in total. The number of hydrogen-bond donors (Lipinski definition) is 1. The van der Waals surface area contributed by atoms with Gasteiger partial charge in [0.2, 0.25) is 5.56 Å². The van der Waals surface area contributed by atoms with E-state index in [4.69, 9.17) is 0 Å². The number of aromatic amines is 1. The molecule has 0 radical (unpaired) electrons. The lowest BCUT2D eigenvalue weighted by atomic mass is 9.96. The van der Waals surface area contributed by atoms with Crippen molar-refractivity contribution in [2.45, 2.75) is 39.0 Å². The molecule has 1 fully saturated rings. The summed E-state index contributed by atoms with van der Waals surface area (Å²) in [6, 6.07) is 3.01. The molecule has 1 unspecified atom stereocenters. The minimum absolute atomic E-state index is 0.0356. The first-order chi connectivity index (χ1) is 9.20. The lowest BCUT2D eigenvalue weighted by molar-refractivity contribution is 0.0759. The standard InChI is InChI=1S/C15H22N2O2/c1-2-4-12-5-3-9-17(10-8-12)15(19)13-6-7-14(18)16-11-13/h6-7,11-12H,2-5,8-10H2,1H3,(H,16,18). The maximum atomic E-state index is 12.3. The molecule has 0 aromatic carbocycles. The van der Waals surface area contributed by atoms with E-state index in [1.807, 2.05) is 4.90 Å². The van der Waals surface area contributed by atoms with Crippen molar-refractivity contribution >= 4 is 5.91 Å². The molecule has 2 rings (SSSR count). The third kappa shape index (κ3) is 3.69. The fourth-order valence-electron chi connectivity index (χ4n) is 2.79. The van der Waals surface area contributed by atoms with Gasteiger partial charge in [-0.25, -0.2) is 0 Å². The van der Waals surface area contributed by atoms with Gasteiger partial charge in [-0.2, -0.15) is 0 Å². The van der Waals surface area contributed by atoms with Crippen molar-refractivity contribution in [2.75, 3.05) is 13.1 Å². The van der Waals surface area contributed by atoms with Crippen LogP contribution < -0.4 is 5.56 Å². The van der Waals surface area contributed by atoms with E-state index < -0.39 is 0 Å². The summed E-state index contributed by atoms with van der Waals surface area (Å²) < 4.78 is 0. The van der Waals surface area contributed by atoms with Crippen LogP contribution in [0.15, 0.2) is 23.1 Å². The molecular weight excluding hydrogens is 240 g/mol. The maximum absolute atomic E-state index is 12.3. The fourth-order valence-corrected chi connectivity index (χ4v) is 2.79. The number of hydrogen-bond acceptors (Lipinski definition) is 2. The number of rotatable bonds is 3. The molecule has 0 spiro atoms. The largest absolute Gasteiger partial charge is 0.339 e. The van der Waals surface area contributed by atoms with Crippen LogP contribution in [0.4, 0.5) is 0 Å². The second-order valence-electron chi connectivity index (χ2n) is 5.32. The highest BCUT2D eigenvalue weighted by Gasteiger charge is 2.21. The smallest absolute Gasteiger partial charge is 0.255 e. The molecular formula is C15H22N2O2. The molecule has 1 aliphatic heterocycles. The van der Waals surface area contributed by atoms with E-state index in [-0.39, 0.29) is 11.5 Å². The number of nitrogens with one attached hydrogen (secondary N) is 1. The van der Waals surface area contributed by atoms with Gasteiger partial charge in [-0.1, -0.05) is 19.8 Å². The third-order valence-corrected chi connectivity index (χ3v) is 3.86. The number of carbonyl (C=O) groups is 1. The van der Waals surface area contributed by atoms with Gasteiger partial charge in [-0.05, 0) is 31.2 Å². The Balaban J connectivity index is 1.99. The van der Waals surface area contributed by atoms with E-state index in [0.29, 0.717) is 5.56 Å². The zero-order chi connectivity index (χ0) is 13.7. The lowest BCUT2D eigenvalue weighted by Gasteiger charge is -2.20. The first kappa shape index (κ1) is 13.8. The molecule has 0 aliphatic carbocycles. The number of carbonyl (C=O) groups excluding carboxylic acids is 1. The number of H-pyrrole nitrogens is 1. The Labute approximate surface area is 113 Å². The number of nitrogens with zero attached hydrogens (tertiary/aromatic N) is 1. The first-order valence-electron chi connectivity index (χ1n) is 7.18. The number of amides is 1. The van der Waals surface area contributed by atoms with E-state index in [0.717, 1.165) is 31.8 Å². The van der Waals surface area contributed by atoms with Gasteiger partial charge in [-0.15, -0.1) is 0 Å². The van der Waals surface area contributed by atoms with Gasteiger partial charge in [0.15, 0.2) is 0 Å². The predicted octanol–water partition coefficient (Wildman–Crippen LogP) is 2.42. The minimum atomic E-state index is -0.171. The third-order valence-electron chi connectivity index (χ3n) is 3.86. The fraction of sp³-hybridized carbons (Fsp3) is 0.600. The van der Waals surface area contributed by atoms with Crippen LogP contribution in [0.5, 0.6) is 0 Å². The van der Waals surface area contributed by atoms with Gasteiger partial charge in [0.1, 0.15) is 0 Å². The Bertz CT molecular complexity index is 461. The summed E-state index contributed by atoms with van der Waals surface area (Å²) in [6.45, 7) is 3.88. The normalized spacial score (nSPS) is 20.1. The molecule has 1 N–H and O–H groups in total. The Morgan fingerprint density at radius 3 is 2.89 bits per heavy atom. The lowest BCUT2D eigenvalue weighted by Crippen LogP contribution is -2.32. The van der Waals surface area contributed by atoms with Gasteiger partial charge < -0.3 is 9.88 Å². The van der Waals surface area contributed by atoms with E-state index in [1.54, 1.807) is 6.07 Å². The van der Waals surface area contributed by atoms with E-state index in [9.17, 15) is 9.59 Å². The summed E-state index contributed by atoms with van der Waals surface area (Å²) in [5.41, 5.74) is 0.406. The van der Waals surface area contributed by atoms with Gasteiger partial charge >= 0.3 is 0 Å². The van der Waals surface area contributed by atoms with E-state index in [1.165, 1.54) is 31.5 Å². The maximum Gasteiger partial charge on any atom is 0.255 e. The van der Waals surface area contributed by atoms with Crippen molar-refractivity contribution < 1.29 is 4.79 Å². The molecule has 1 atom stereocenters. The summed E-state index contributed by atoms with van der Waals surface area (Å²) in [4.78, 5) is 27.8. The Hall–Kier alpha value is -1.58. The van der Waals surface area contributed by atoms with Crippen LogP contribution in [0.25, 0.3) is 0 Å². The van der Waals surface area contributed by atoms with Crippen molar-refractivity contribution in [1.29, 1.82) is 0 Å². The van der Waals surface area contributed by atoms with Crippen LogP contribution >= 0.6 is 0 Å². The second-order valence-corrected chi connectivity index (χ2v) is 5.32. The number of likely N-dealkylation sites (tertiary alicyclic amines) is 1. The summed E-state index contributed by atoms with van der Waals surface area (Å²) in [5, 5.41) is 0. The van der Waals surface area contributed by atoms with Gasteiger partial charge in [-0.3, -0.25) is 9.59 Å². The molecule has 0 bridgehead atoms. The van der Waals surface area contributed by atoms with Crippen molar-refractivity contribution in [2.24, 2.45) is 5.92 Å². The highest BCUT2D eigenvalue weighted by Crippen LogP contribution is 2.22. The van der Waals surface area contributed by atoms with Crippen molar-refractivity contribution in [3.63, 3.8) is 0 Å². The van der Waals surface area contributed by atoms with Crippen LogP contribution in [-0.2, 0) is 0 Å². The van der Waals surface area contributed by atoms with Crippen LogP contribution in [0.3, 0.4) is 0 Å². The summed E-state index contributed by atoms with van der Waals surface area (Å²) in [7, 11) is 0. The molecule has 1 aromatic heterocycles. The molecule has 1 amide bonds. The molecule has 104 valence electrons. The summed E-state index contributed by atoms with van der Waals surface area (Å²) in [6.07, 6.45) is 7.41. The highest BCUT2D eigenvalue weighted by molar-refractivity contribution is 5.93. The zero-order valence-electron chi connectivity index (χ0n) is 11.5. The molecule has 1 aliphatic rings. The molecule has 2 heterocycles. The van der Waals surface area contributed by atoms with Crippen LogP contribution in [0.2, 0.25) is 0 Å². The molecule has 0 saturated carbocycles. The average molecular weight is 262 g/mol. The molecule has 1 saturated heterocycles. The van der Waals surface area contributed by atoms with Crippen molar-refractivity contribution in [1.82, 2.24) is 9.88 Å². The Kier molecular flexibility index (Phi) is 4.77. The van der Waals surface area contributed by atoms with Gasteiger partial charge in [0.05, 0.1) is 5.56 Å². The van der Waals surface area contributed by atoms with Gasteiger partial charge in [0.25, 0.3) is 5.91 Å². The minimum Gasteiger partial charge on any atom is -0.339 e. The van der Waals surface area contributed by atoms with E-state index in [2.05, 4.69) is 11.9 Å². The average Bonchev–Trinajstić information content (AvgIpc) is 2.65. The molecule has 1 aromatic rings. The Morgan fingerprint density at radius 1 is 1.37 bits per heavy atom. The van der Waals surface area contributed by atoms with Crippen molar-refractivity contribution in [3.8, 4) is 0 Å². The summed E-state index contributed by atoms with van der Waals surface area (Å²) >= 11 is 0. The van der Waals surface area contributed by atoms with Crippen LogP contribution in [0.1, 0.15) is 49.4 Å². The van der Waals surface area contributed by atoms with Crippen LogP contribution in [-0.4, -0.2) is 28.9 Å². The quantitative estimate of drug-likeness (QED) is 0.909. The highest BCUT2D eigenvalue weighted by atomic mass is 16.2. The first-order valence-corrected chi connectivity index (χ1v) is 7.18. The SMILES string of the molecule is CCCC1CCCN(C(=O)c2ccc(=O)[nH]c2)CC1. The predicted molar refractivity (Wildman–Crippen MR) is 75.2 cm³/mol. The number of pyridine rings is 1.